The van der Waals surface area contributed by atoms with Crippen molar-refractivity contribution in [3.8, 4) is 11.4 Å². The van der Waals surface area contributed by atoms with Crippen molar-refractivity contribution in [3.63, 3.8) is 0 Å². The number of nitrogens with zero attached hydrogens (tertiary/aromatic N) is 5. The monoisotopic (exact) mass is 429 g/mol. The molecule has 9 nitrogen and oxygen atoms in total. The summed E-state index contributed by atoms with van der Waals surface area (Å²) in [5.74, 6) is 0.708. The van der Waals surface area contributed by atoms with Gasteiger partial charge in [0.15, 0.2) is 16.9 Å². The number of hydrogen-bond donors (Lipinski definition) is 0. The zero-order valence-electron chi connectivity index (χ0n) is 17.1. The van der Waals surface area contributed by atoms with Crippen LogP contribution in [0.3, 0.4) is 0 Å². The fourth-order valence-electron chi connectivity index (χ4n) is 3.64. The van der Waals surface area contributed by atoms with E-state index in [0.29, 0.717) is 22.2 Å². The number of carbonyl (C=O) groups excluding carboxylic acids is 1. The zero-order valence-corrected chi connectivity index (χ0v) is 17.9. The van der Waals surface area contributed by atoms with Gasteiger partial charge in [-0.1, -0.05) is 11.6 Å². The summed E-state index contributed by atoms with van der Waals surface area (Å²) in [5.41, 5.74) is 0.692. The third-order valence-corrected chi connectivity index (χ3v) is 5.57. The molecular weight excluding hydrogens is 410 g/mol. The summed E-state index contributed by atoms with van der Waals surface area (Å²) >= 11 is 6.20. The molecule has 0 fully saturated rings. The van der Waals surface area contributed by atoms with E-state index in [4.69, 9.17) is 16.3 Å². The minimum absolute atomic E-state index is 0.211. The summed E-state index contributed by atoms with van der Waals surface area (Å²) < 4.78 is 11.1. The van der Waals surface area contributed by atoms with Crippen molar-refractivity contribution in [3.05, 3.63) is 56.0 Å². The Kier molecular flexibility index (Phi) is 4.58. The molecule has 0 aliphatic rings. The number of carbonyl (C=O) groups is 1. The maximum Gasteiger partial charge on any atom is 0.333 e. The Morgan fingerprint density at radius 2 is 1.97 bits per heavy atom. The van der Waals surface area contributed by atoms with Crippen LogP contribution in [0.4, 0.5) is 0 Å². The molecule has 0 bridgehead atoms. The van der Waals surface area contributed by atoms with Crippen LogP contribution in [0, 0.1) is 6.92 Å². The molecule has 0 aliphatic heterocycles. The number of aromatic nitrogens is 5. The van der Waals surface area contributed by atoms with Gasteiger partial charge in [-0.25, -0.2) is 9.36 Å². The van der Waals surface area contributed by atoms with Crippen LogP contribution in [-0.4, -0.2) is 36.0 Å². The zero-order chi connectivity index (χ0) is 21.9. The number of Topliss-reactive ketones (excluding diaryl/α,β-unsaturated/α-hetero) is 1. The predicted octanol–water partition coefficient (Wildman–Crippen LogP) is 2.26. The van der Waals surface area contributed by atoms with Gasteiger partial charge in [0.2, 0.25) is 5.78 Å². The molecule has 0 aliphatic carbocycles. The van der Waals surface area contributed by atoms with Crippen LogP contribution in [-0.2, 0) is 11.8 Å². The molecule has 4 rings (SSSR count). The second kappa shape index (κ2) is 6.88. The largest absolute Gasteiger partial charge is 0.495 e. The molecule has 3 aromatic heterocycles. The number of imidazole rings is 2. The summed E-state index contributed by atoms with van der Waals surface area (Å²) in [4.78, 5) is 42.5. The SMILES string of the molecule is COc1ccc(Cl)cc1-n1c(C)cn2c3c(=O)n([C@H](C)C(C)=O)c(=O)n(C)c3nc12. The lowest BCUT2D eigenvalue weighted by atomic mass is 10.2. The van der Waals surface area contributed by atoms with E-state index in [1.165, 1.54) is 25.5 Å². The first-order valence-electron chi connectivity index (χ1n) is 9.23. The van der Waals surface area contributed by atoms with Gasteiger partial charge in [-0.05, 0) is 39.0 Å². The molecule has 30 heavy (non-hydrogen) atoms. The van der Waals surface area contributed by atoms with Crippen molar-refractivity contribution >= 4 is 34.3 Å². The van der Waals surface area contributed by atoms with Gasteiger partial charge < -0.3 is 4.74 Å². The van der Waals surface area contributed by atoms with Crippen LogP contribution in [0.5, 0.6) is 5.75 Å². The third-order valence-electron chi connectivity index (χ3n) is 5.33. The Morgan fingerprint density at radius 1 is 1.27 bits per heavy atom. The van der Waals surface area contributed by atoms with Gasteiger partial charge in [0, 0.05) is 24.0 Å². The molecule has 0 spiro atoms. The molecule has 1 atom stereocenters. The van der Waals surface area contributed by atoms with Crippen molar-refractivity contribution in [2.24, 2.45) is 7.05 Å². The van der Waals surface area contributed by atoms with Crippen molar-refractivity contribution in [2.75, 3.05) is 7.11 Å². The summed E-state index contributed by atoms with van der Waals surface area (Å²) in [6, 6.07) is 4.31. The van der Waals surface area contributed by atoms with Crippen LogP contribution in [0.25, 0.3) is 22.6 Å². The highest BCUT2D eigenvalue weighted by molar-refractivity contribution is 6.30. The molecule has 4 aromatic rings. The minimum Gasteiger partial charge on any atom is -0.495 e. The lowest BCUT2D eigenvalue weighted by molar-refractivity contribution is -0.119. The normalized spacial score (nSPS) is 12.6. The van der Waals surface area contributed by atoms with Gasteiger partial charge in [0.25, 0.3) is 5.56 Å². The van der Waals surface area contributed by atoms with Crippen LogP contribution in [0.15, 0.2) is 34.0 Å². The average molecular weight is 430 g/mol. The first kappa shape index (κ1) is 20.0. The molecule has 0 unspecified atom stereocenters. The van der Waals surface area contributed by atoms with E-state index < -0.39 is 17.3 Å². The number of rotatable bonds is 4. The lowest BCUT2D eigenvalue weighted by Crippen LogP contribution is -2.42. The number of halogens is 1. The molecule has 3 heterocycles. The van der Waals surface area contributed by atoms with Crippen LogP contribution in [0.1, 0.15) is 25.6 Å². The van der Waals surface area contributed by atoms with Gasteiger partial charge in [0.05, 0.1) is 18.8 Å². The van der Waals surface area contributed by atoms with E-state index in [0.717, 1.165) is 10.3 Å². The summed E-state index contributed by atoms with van der Waals surface area (Å²) in [6.45, 7) is 4.74. The van der Waals surface area contributed by atoms with Crippen molar-refractivity contribution < 1.29 is 9.53 Å². The molecule has 0 amide bonds. The van der Waals surface area contributed by atoms with Crippen molar-refractivity contribution in [1.29, 1.82) is 0 Å². The van der Waals surface area contributed by atoms with Crippen LogP contribution in [0.2, 0.25) is 5.02 Å². The highest BCUT2D eigenvalue weighted by Crippen LogP contribution is 2.30. The second-order valence-corrected chi connectivity index (χ2v) is 7.62. The summed E-state index contributed by atoms with van der Waals surface area (Å²) in [5, 5.41) is 0.512. The van der Waals surface area contributed by atoms with Gasteiger partial charge >= 0.3 is 5.69 Å². The quantitative estimate of drug-likeness (QED) is 0.496. The van der Waals surface area contributed by atoms with Crippen LogP contribution < -0.4 is 16.0 Å². The number of methoxy groups -OCH3 is 1. The molecule has 0 N–H and O–H groups in total. The van der Waals surface area contributed by atoms with E-state index in [1.807, 2.05) is 6.92 Å². The van der Waals surface area contributed by atoms with Crippen LogP contribution >= 0.6 is 11.6 Å². The number of ketones is 1. The topological polar surface area (TPSA) is 92.5 Å². The maximum absolute atomic E-state index is 13.2. The highest BCUT2D eigenvalue weighted by atomic mass is 35.5. The number of ether oxygens (including phenoxy) is 1. The fourth-order valence-corrected chi connectivity index (χ4v) is 3.80. The van der Waals surface area contributed by atoms with E-state index in [9.17, 15) is 14.4 Å². The Hall–Kier alpha value is -3.33. The molecule has 0 radical (unpaired) electrons. The Balaban J connectivity index is 2.16. The van der Waals surface area contributed by atoms with Gasteiger partial charge in [-0.3, -0.25) is 23.1 Å². The summed E-state index contributed by atoms with van der Waals surface area (Å²) in [6.07, 6.45) is 1.75. The molecule has 0 saturated carbocycles. The second-order valence-electron chi connectivity index (χ2n) is 7.18. The molecule has 0 saturated heterocycles. The third kappa shape index (κ3) is 2.69. The smallest absolute Gasteiger partial charge is 0.333 e. The van der Waals surface area contributed by atoms with Crippen molar-refractivity contribution in [2.45, 2.75) is 26.8 Å². The first-order chi connectivity index (χ1) is 14.2. The summed E-state index contributed by atoms with van der Waals surface area (Å²) in [7, 11) is 3.08. The standard InChI is InChI=1S/C20H20ClN5O4/c1-10-9-24-16-17(23(4)20(29)26(18(16)28)11(2)12(3)27)22-19(24)25(10)14-8-13(21)6-7-15(14)30-5/h6-9,11H,1-5H3/t11-/m1/s1. The lowest BCUT2D eigenvalue weighted by Gasteiger charge is -2.12. The molecule has 156 valence electrons. The van der Waals surface area contributed by atoms with E-state index in [2.05, 4.69) is 4.98 Å². The number of aryl methyl sites for hydroxylation is 2. The van der Waals surface area contributed by atoms with E-state index in [1.54, 1.807) is 40.5 Å². The Morgan fingerprint density at radius 3 is 2.60 bits per heavy atom. The number of benzene rings is 1. The molecule has 1 aromatic carbocycles. The van der Waals surface area contributed by atoms with Crippen molar-refractivity contribution in [1.82, 2.24) is 23.1 Å². The molecular formula is C20H20ClN5O4. The average Bonchev–Trinajstić information content (AvgIpc) is 3.20. The molecule has 10 heteroatoms. The Labute approximate surface area is 175 Å². The van der Waals surface area contributed by atoms with Gasteiger partial charge in [-0.2, -0.15) is 4.98 Å². The predicted molar refractivity (Wildman–Crippen MR) is 113 cm³/mol. The van der Waals surface area contributed by atoms with Gasteiger partial charge in [0.1, 0.15) is 5.75 Å². The fraction of sp³-hybridized carbons (Fsp3) is 0.300. The maximum atomic E-state index is 13.2. The van der Waals surface area contributed by atoms with E-state index in [-0.39, 0.29) is 16.9 Å². The highest BCUT2D eigenvalue weighted by Gasteiger charge is 2.24. The Bertz CT molecular complexity index is 1460. The van der Waals surface area contributed by atoms with E-state index >= 15 is 0 Å². The minimum atomic E-state index is -0.887. The van der Waals surface area contributed by atoms with Gasteiger partial charge in [-0.15, -0.1) is 0 Å². The number of hydrogen-bond acceptors (Lipinski definition) is 5. The number of fused-ring (bicyclic) bond motifs is 3. The first-order valence-corrected chi connectivity index (χ1v) is 9.61.